The van der Waals surface area contributed by atoms with Crippen LogP contribution in [-0.4, -0.2) is 53.5 Å². The molecule has 6 nitrogen and oxygen atoms in total. The van der Waals surface area contributed by atoms with E-state index >= 15 is 0 Å². The van der Waals surface area contributed by atoms with Gasteiger partial charge in [0.1, 0.15) is 5.82 Å². The first-order valence-corrected chi connectivity index (χ1v) is 8.22. The number of nitrogens with one attached hydrogen (secondary N) is 1. The fourth-order valence-electron chi connectivity index (χ4n) is 2.85. The predicted molar refractivity (Wildman–Crippen MR) is 95.2 cm³/mol. The molecule has 126 valence electrons. The third-order valence-corrected chi connectivity index (χ3v) is 4.28. The number of carbonyl (C=O) groups is 1. The number of aromatic nitrogens is 2. The minimum absolute atomic E-state index is 0.0386. The van der Waals surface area contributed by atoms with E-state index < -0.39 is 0 Å². The minimum atomic E-state index is 0.0386. The van der Waals surface area contributed by atoms with Gasteiger partial charge >= 0.3 is 0 Å². The Morgan fingerprint density at radius 1 is 1.17 bits per heavy atom. The Hall–Kier alpha value is -2.47. The fraction of sp³-hybridized carbons (Fsp3) is 0.389. The molecule has 0 radical (unpaired) electrons. The highest BCUT2D eigenvalue weighted by molar-refractivity contribution is 5.93. The molecule has 3 rings (SSSR count). The van der Waals surface area contributed by atoms with Crippen LogP contribution in [0.1, 0.15) is 11.1 Å². The van der Waals surface area contributed by atoms with E-state index in [1.807, 2.05) is 26.0 Å². The number of amides is 1. The normalized spacial score (nSPS) is 15.3. The van der Waals surface area contributed by atoms with E-state index in [2.05, 4.69) is 31.2 Å². The van der Waals surface area contributed by atoms with E-state index in [-0.39, 0.29) is 5.91 Å². The van der Waals surface area contributed by atoms with E-state index in [0.29, 0.717) is 6.54 Å². The van der Waals surface area contributed by atoms with Crippen LogP contribution in [-0.2, 0) is 4.79 Å². The van der Waals surface area contributed by atoms with Crippen molar-refractivity contribution in [3.05, 3.63) is 47.9 Å². The van der Waals surface area contributed by atoms with Crippen molar-refractivity contribution in [1.82, 2.24) is 14.9 Å². The summed E-state index contributed by atoms with van der Waals surface area (Å²) in [7, 11) is 0. The van der Waals surface area contributed by atoms with Crippen LogP contribution in [0.15, 0.2) is 36.8 Å². The molecule has 1 aromatic heterocycles. The maximum Gasteiger partial charge on any atom is 0.238 e. The first kappa shape index (κ1) is 16.4. The van der Waals surface area contributed by atoms with Crippen molar-refractivity contribution in [3.63, 3.8) is 0 Å². The smallest absolute Gasteiger partial charge is 0.238 e. The lowest BCUT2D eigenvalue weighted by Gasteiger charge is -2.34. The van der Waals surface area contributed by atoms with Crippen LogP contribution in [0.2, 0.25) is 0 Å². The number of carbonyl (C=O) groups excluding carboxylic acids is 1. The van der Waals surface area contributed by atoms with Crippen molar-refractivity contribution in [3.8, 4) is 0 Å². The highest BCUT2D eigenvalue weighted by atomic mass is 16.2. The van der Waals surface area contributed by atoms with Crippen molar-refractivity contribution in [2.45, 2.75) is 13.8 Å². The summed E-state index contributed by atoms with van der Waals surface area (Å²) in [5, 5.41) is 3.02. The molecule has 2 heterocycles. The van der Waals surface area contributed by atoms with Crippen LogP contribution in [0.5, 0.6) is 0 Å². The molecule has 0 spiro atoms. The van der Waals surface area contributed by atoms with Gasteiger partial charge in [0.25, 0.3) is 0 Å². The van der Waals surface area contributed by atoms with Gasteiger partial charge in [0.05, 0.1) is 12.7 Å². The molecule has 1 aliphatic heterocycles. The zero-order valence-corrected chi connectivity index (χ0v) is 14.2. The Morgan fingerprint density at radius 3 is 2.67 bits per heavy atom. The van der Waals surface area contributed by atoms with Crippen molar-refractivity contribution < 1.29 is 4.79 Å². The zero-order chi connectivity index (χ0) is 16.9. The molecule has 6 heteroatoms. The molecule has 1 N–H and O–H groups in total. The van der Waals surface area contributed by atoms with Gasteiger partial charge in [0.2, 0.25) is 5.91 Å². The molecule has 1 saturated heterocycles. The highest BCUT2D eigenvalue weighted by Crippen LogP contribution is 2.16. The molecule has 0 unspecified atom stereocenters. The molecule has 0 bridgehead atoms. The third kappa shape index (κ3) is 4.08. The number of hydrogen-bond donors (Lipinski definition) is 1. The Morgan fingerprint density at radius 2 is 1.96 bits per heavy atom. The zero-order valence-electron chi connectivity index (χ0n) is 14.2. The summed E-state index contributed by atoms with van der Waals surface area (Å²) in [6, 6.07) is 6.10. The van der Waals surface area contributed by atoms with Crippen LogP contribution in [0, 0.1) is 13.8 Å². The van der Waals surface area contributed by atoms with Crippen LogP contribution >= 0.6 is 0 Å². The summed E-state index contributed by atoms with van der Waals surface area (Å²) < 4.78 is 0. The first-order chi connectivity index (χ1) is 11.6. The molecule has 0 atom stereocenters. The number of anilines is 2. The maximum atomic E-state index is 12.3. The summed E-state index contributed by atoms with van der Waals surface area (Å²) >= 11 is 0. The molecule has 1 aliphatic rings. The Kier molecular flexibility index (Phi) is 5.05. The van der Waals surface area contributed by atoms with Gasteiger partial charge in [-0.05, 0) is 31.0 Å². The number of nitrogens with zero attached hydrogens (tertiary/aromatic N) is 4. The molecule has 1 aromatic carbocycles. The molecular formula is C18H23N5O. The standard InChI is InChI=1S/C18H23N5O/c1-14-3-4-15(2)16(11-14)21-18(24)13-22-7-9-23(10-8-22)17-12-19-5-6-20-17/h3-6,11-12H,7-10,13H2,1-2H3,(H,21,24). The third-order valence-electron chi connectivity index (χ3n) is 4.28. The van der Waals surface area contributed by atoms with Gasteiger partial charge in [-0.15, -0.1) is 0 Å². The van der Waals surface area contributed by atoms with Crippen LogP contribution < -0.4 is 10.2 Å². The van der Waals surface area contributed by atoms with Gasteiger partial charge in [-0.1, -0.05) is 12.1 Å². The fourth-order valence-corrected chi connectivity index (χ4v) is 2.85. The van der Waals surface area contributed by atoms with Crippen molar-refractivity contribution in [2.75, 3.05) is 42.9 Å². The number of hydrogen-bond acceptors (Lipinski definition) is 5. The number of piperazine rings is 1. The molecule has 0 aliphatic carbocycles. The van der Waals surface area contributed by atoms with E-state index in [4.69, 9.17) is 0 Å². The van der Waals surface area contributed by atoms with Gasteiger partial charge < -0.3 is 10.2 Å². The largest absolute Gasteiger partial charge is 0.353 e. The van der Waals surface area contributed by atoms with E-state index in [9.17, 15) is 4.79 Å². The monoisotopic (exact) mass is 325 g/mol. The topological polar surface area (TPSA) is 61.4 Å². The summed E-state index contributed by atoms with van der Waals surface area (Å²) in [6.07, 6.45) is 5.17. The average Bonchev–Trinajstić information content (AvgIpc) is 2.59. The number of aryl methyl sites for hydroxylation is 2. The van der Waals surface area contributed by atoms with Crippen LogP contribution in [0.4, 0.5) is 11.5 Å². The Labute approximate surface area is 142 Å². The van der Waals surface area contributed by atoms with Gasteiger partial charge in [0, 0.05) is 44.3 Å². The molecule has 2 aromatic rings. The minimum Gasteiger partial charge on any atom is -0.353 e. The molecule has 1 fully saturated rings. The molecule has 0 saturated carbocycles. The van der Waals surface area contributed by atoms with Crippen molar-refractivity contribution in [1.29, 1.82) is 0 Å². The Bertz CT molecular complexity index is 696. The second-order valence-corrected chi connectivity index (χ2v) is 6.19. The number of benzene rings is 1. The Balaban J connectivity index is 1.51. The first-order valence-electron chi connectivity index (χ1n) is 8.22. The van der Waals surface area contributed by atoms with Crippen LogP contribution in [0.25, 0.3) is 0 Å². The lowest BCUT2D eigenvalue weighted by molar-refractivity contribution is -0.117. The van der Waals surface area contributed by atoms with E-state index in [1.165, 1.54) is 0 Å². The maximum absolute atomic E-state index is 12.3. The lowest BCUT2D eigenvalue weighted by Crippen LogP contribution is -2.49. The molecule has 24 heavy (non-hydrogen) atoms. The molecule has 1 amide bonds. The number of rotatable bonds is 4. The summed E-state index contributed by atoms with van der Waals surface area (Å²) in [5.74, 6) is 0.939. The lowest BCUT2D eigenvalue weighted by atomic mass is 10.1. The van der Waals surface area contributed by atoms with E-state index in [1.54, 1.807) is 18.6 Å². The molecular weight excluding hydrogens is 302 g/mol. The van der Waals surface area contributed by atoms with Gasteiger partial charge in [0.15, 0.2) is 0 Å². The van der Waals surface area contributed by atoms with Gasteiger partial charge in [-0.25, -0.2) is 4.98 Å². The quantitative estimate of drug-likeness (QED) is 0.930. The summed E-state index contributed by atoms with van der Waals surface area (Å²) in [6.45, 7) is 7.86. The second-order valence-electron chi connectivity index (χ2n) is 6.19. The highest BCUT2D eigenvalue weighted by Gasteiger charge is 2.20. The van der Waals surface area contributed by atoms with Gasteiger partial charge in [-0.3, -0.25) is 14.7 Å². The van der Waals surface area contributed by atoms with E-state index in [0.717, 1.165) is 48.8 Å². The second kappa shape index (κ2) is 7.40. The van der Waals surface area contributed by atoms with Crippen LogP contribution in [0.3, 0.4) is 0 Å². The van der Waals surface area contributed by atoms with Gasteiger partial charge in [-0.2, -0.15) is 0 Å². The predicted octanol–water partition coefficient (Wildman–Crippen LogP) is 1.85. The SMILES string of the molecule is Cc1ccc(C)c(NC(=O)CN2CCN(c3cnccn3)CC2)c1. The van der Waals surface area contributed by atoms with Crippen molar-refractivity contribution in [2.24, 2.45) is 0 Å². The van der Waals surface area contributed by atoms with Crippen molar-refractivity contribution >= 4 is 17.4 Å². The summed E-state index contributed by atoms with van der Waals surface area (Å²) in [4.78, 5) is 25.1. The average molecular weight is 325 g/mol. The summed E-state index contributed by atoms with van der Waals surface area (Å²) in [5.41, 5.74) is 3.13.